The van der Waals surface area contributed by atoms with Gasteiger partial charge >= 0.3 is 0 Å². The van der Waals surface area contributed by atoms with Gasteiger partial charge in [-0.3, -0.25) is 0 Å². The van der Waals surface area contributed by atoms with E-state index < -0.39 is 0 Å². The molecule has 0 radical (unpaired) electrons. The molecule has 1 heterocycles. The van der Waals surface area contributed by atoms with Crippen LogP contribution in [-0.2, 0) is 6.42 Å². The first-order valence-corrected chi connectivity index (χ1v) is 7.40. The van der Waals surface area contributed by atoms with Crippen molar-refractivity contribution >= 4 is 15.9 Å². The number of methoxy groups -OCH3 is 1. The van der Waals surface area contributed by atoms with E-state index in [4.69, 9.17) is 4.74 Å². The average molecular weight is 329 g/mol. The molecule has 1 aliphatic rings. The Morgan fingerprint density at radius 3 is 2.74 bits per heavy atom. The standard InChI is InChI=1S/C14H21BrN2O2/c1-10-12(15)9-11(13(18)14(10)19-2)3-6-17-7-4-16-5-8-17/h9,16,18H,3-8H2,1-2H3. The minimum atomic E-state index is 0.276. The third-order valence-electron chi connectivity index (χ3n) is 3.63. The molecule has 1 aliphatic heterocycles. The number of rotatable bonds is 4. The molecule has 19 heavy (non-hydrogen) atoms. The summed E-state index contributed by atoms with van der Waals surface area (Å²) >= 11 is 3.52. The number of hydrogen-bond donors (Lipinski definition) is 2. The summed E-state index contributed by atoms with van der Waals surface area (Å²) in [6.45, 7) is 7.15. The van der Waals surface area contributed by atoms with Gasteiger partial charge in [0.25, 0.3) is 0 Å². The van der Waals surface area contributed by atoms with Crippen molar-refractivity contribution in [1.82, 2.24) is 10.2 Å². The number of piperazine rings is 1. The van der Waals surface area contributed by atoms with E-state index in [9.17, 15) is 5.11 Å². The highest BCUT2D eigenvalue weighted by atomic mass is 79.9. The molecule has 0 atom stereocenters. The van der Waals surface area contributed by atoms with Crippen molar-refractivity contribution in [3.63, 3.8) is 0 Å². The van der Waals surface area contributed by atoms with Gasteiger partial charge in [-0.2, -0.15) is 0 Å². The SMILES string of the molecule is COc1c(C)c(Br)cc(CCN2CCNCC2)c1O. The average Bonchev–Trinajstić information content (AvgIpc) is 2.43. The highest BCUT2D eigenvalue weighted by Gasteiger charge is 2.16. The second-order valence-corrected chi connectivity index (χ2v) is 5.72. The Balaban J connectivity index is 2.09. The summed E-state index contributed by atoms with van der Waals surface area (Å²) in [6.07, 6.45) is 0.834. The Morgan fingerprint density at radius 1 is 1.42 bits per heavy atom. The quantitative estimate of drug-likeness (QED) is 0.886. The Labute approximate surface area is 122 Å². The molecule has 1 fully saturated rings. The van der Waals surface area contributed by atoms with Gasteiger partial charge in [-0.05, 0) is 19.4 Å². The monoisotopic (exact) mass is 328 g/mol. The minimum absolute atomic E-state index is 0.276. The van der Waals surface area contributed by atoms with Gasteiger partial charge in [0.05, 0.1) is 7.11 Å². The molecule has 1 aromatic rings. The number of aromatic hydroxyl groups is 1. The van der Waals surface area contributed by atoms with Gasteiger partial charge < -0.3 is 20.1 Å². The third-order valence-corrected chi connectivity index (χ3v) is 4.45. The molecule has 0 spiro atoms. The molecule has 5 heteroatoms. The van der Waals surface area contributed by atoms with Crippen LogP contribution < -0.4 is 10.1 Å². The lowest BCUT2D eigenvalue weighted by Gasteiger charge is -2.27. The largest absolute Gasteiger partial charge is 0.504 e. The van der Waals surface area contributed by atoms with Crippen LogP contribution in [0.4, 0.5) is 0 Å². The van der Waals surface area contributed by atoms with E-state index in [0.717, 1.165) is 54.7 Å². The normalized spacial score (nSPS) is 16.6. The minimum Gasteiger partial charge on any atom is -0.504 e. The molecule has 106 valence electrons. The highest BCUT2D eigenvalue weighted by molar-refractivity contribution is 9.10. The predicted octanol–water partition coefficient (Wildman–Crippen LogP) is 1.92. The van der Waals surface area contributed by atoms with Gasteiger partial charge in [0.2, 0.25) is 0 Å². The van der Waals surface area contributed by atoms with E-state index in [1.807, 2.05) is 13.0 Å². The first-order valence-electron chi connectivity index (χ1n) is 6.61. The number of phenols is 1. The summed E-state index contributed by atoms with van der Waals surface area (Å²) in [6, 6.07) is 2.00. The number of nitrogens with zero attached hydrogens (tertiary/aromatic N) is 1. The van der Waals surface area contributed by atoms with Crippen molar-refractivity contribution in [3.05, 3.63) is 21.7 Å². The van der Waals surface area contributed by atoms with E-state index in [-0.39, 0.29) is 5.75 Å². The van der Waals surface area contributed by atoms with Gasteiger partial charge in [-0.25, -0.2) is 0 Å². The summed E-state index contributed by atoms with van der Waals surface area (Å²) in [5, 5.41) is 13.6. The maximum Gasteiger partial charge on any atom is 0.164 e. The van der Waals surface area contributed by atoms with Crippen molar-refractivity contribution in [1.29, 1.82) is 0 Å². The van der Waals surface area contributed by atoms with Crippen molar-refractivity contribution in [2.45, 2.75) is 13.3 Å². The van der Waals surface area contributed by atoms with Crippen LogP contribution in [-0.4, -0.2) is 49.8 Å². The van der Waals surface area contributed by atoms with Crippen LogP contribution >= 0.6 is 15.9 Å². The Hall–Kier alpha value is -0.780. The number of benzene rings is 1. The van der Waals surface area contributed by atoms with Gasteiger partial charge in [-0.15, -0.1) is 0 Å². The van der Waals surface area contributed by atoms with Crippen LogP contribution in [0.2, 0.25) is 0 Å². The number of phenolic OH excluding ortho intramolecular Hbond substituents is 1. The summed E-state index contributed by atoms with van der Waals surface area (Å²) in [5.41, 5.74) is 1.87. The van der Waals surface area contributed by atoms with Crippen molar-refractivity contribution in [3.8, 4) is 11.5 Å². The number of hydrogen-bond acceptors (Lipinski definition) is 4. The zero-order valence-electron chi connectivity index (χ0n) is 11.5. The molecule has 0 bridgehead atoms. The topological polar surface area (TPSA) is 44.7 Å². The maximum absolute atomic E-state index is 10.2. The molecule has 2 N–H and O–H groups in total. The fourth-order valence-electron chi connectivity index (χ4n) is 2.42. The summed E-state index contributed by atoms with van der Waals surface area (Å²) in [4.78, 5) is 2.41. The van der Waals surface area contributed by atoms with Crippen molar-refractivity contribution in [2.75, 3.05) is 39.8 Å². The molecule has 2 rings (SSSR count). The second-order valence-electron chi connectivity index (χ2n) is 4.87. The fraction of sp³-hybridized carbons (Fsp3) is 0.571. The van der Waals surface area contributed by atoms with Crippen LogP contribution in [0.1, 0.15) is 11.1 Å². The lowest BCUT2D eigenvalue weighted by atomic mass is 10.1. The van der Waals surface area contributed by atoms with E-state index >= 15 is 0 Å². The van der Waals surface area contributed by atoms with E-state index in [0.29, 0.717) is 5.75 Å². The van der Waals surface area contributed by atoms with Crippen LogP contribution in [0.5, 0.6) is 11.5 Å². The van der Waals surface area contributed by atoms with Crippen LogP contribution in [0.3, 0.4) is 0 Å². The Bertz CT molecular complexity index is 446. The van der Waals surface area contributed by atoms with Gasteiger partial charge in [-0.1, -0.05) is 15.9 Å². The summed E-state index contributed by atoms with van der Waals surface area (Å²) < 4.78 is 6.27. The number of nitrogens with one attached hydrogen (secondary N) is 1. The molecule has 0 aliphatic carbocycles. The molecular weight excluding hydrogens is 308 g/mol. The van der Waals surface area contributed by atoms with Crippen LogP contribution in [0.15, 0.2) is 10.5 Å². The molecule has 0 amide bonds. The van der Waals surface area contributed by atoms with Crippen molar-refractivity contribution in [2.24, 2.45) is 0 Å². The first-order chi connectivity index (χ1) is 9.13. The Kier molecular flexibility index (Phi) is 5.07. The van der Waals surface area contributed by atoms with E-state index in [1.165, 1.54) is 0 Å². The lowest BCUT2D eigenvalue weighted by molar-refractivity contribution is 0.243. The van der Waals surface area contributed by atoms with Gasteiger partial charge in [0.15, 0.2) is 11.5 Å². The second kappa shape index (κ2) is 6.59. The van der Waals surface area contributed by atoms with E-state index in [1.54, 1.807) is 7.11 Å². The van der Waals surface area contributed by atoms with Gasteiger partial charge in [0, 0.05) is 48.3 Å². The fourth-order valence-corrected chi connectivity index (χ4v) is 2.87. The Morgan fingerprint density at radius 2 is 2.11 bits per heavy atom. The molecule has 1 aromatic carbocycles. The zero-order valence-corrected chi connectivity index (χ0v) is 13.1. The smallest absolute Gasteiger partial charge is 0.164 e. The van der Waals surface area contributed by atoms with E-state index in [2.05, 4.69) is 26.1 Å². The summed E-state index contributed by atoms with van der Waals surface area (Å²) in [7, 11) is 1.59. The molecule has 4 nitrogen and oxygen atoms in total. The molecule has 0 unspecified atom stereocenters. The maximum atomic E-state index is 10.2. The molecule has 1 saturated heterocycles. The zero-order chi connectivity index (χ0) is 13.8. The first kappa shape index (κ1) is 14.6. The number of ether oxygens (including phenoxy) is 1. The molecular formula is C14H21BrN2O2. The summed E-state index contributed by atoms with van der Waals surface area (Å²) in [5.74, 6) is 0.850. The number of halogens is 1. The molecule has 0 saturated carbocycles. The van der Waals surface area contributed by atoms with Gasteiger partial charge in [0.1, 0.15) is 0 Å². The highest BCUT2D eigenvalue weighted by Crippen LogP contribution is 2.38. The van der Waals surface area contributed by atoms with Crippen LogP contribution in [0, 0.1) is 6.92 Å². The third kappa shape index (κ3) is 3.41. The van der Waals surface area contributed by atoms with Crippen molar-refractivity contribution < 1.29 is 9.84 Å². The lowest BCUT2D eigenvalue weighted by Crippen LogP contribution is -2.44. The molecule has 0 aromatic heterocycles. The predicted molar refractivity (Wildman–Crippen MR) is 80.1 cm³/mol. The van der Waals surface area contributed by atoms with Crippen LogP contribution in [0.25, 0.3) is 0 Å².